The summed E-state index contributed by atoms with van der Waals surface area (Å²) in [5, 5.41) is 23.6. The van der Waals surface area contributed by atoms with Crippen LogP contribution in [-0.4, -0.2) is 48.5 Å². The van der Waals surface area contributed by atoms with Crippen LogP contribution in [0.4, 0.5) is 0 Å². The fraction of sp³-hybridized carbons (Fsp3) is 0.400. The molecule has 164 valence electrons. The SMILES string of the molecule is O[C@@H]1[C@@H](CCc2ccc3cc4c(nc3c2)COCC4)C[C@@H](n2ccc3cncnc32)[C@@H]1O. The van der Waals surface area contributed by atoms with Crippen molar-refractivity contribution in [1.29, 1.82) is 0 Å². The molecular formula is C25H26N4O3. The van der Waals surface area contributed by atoms with Gasteiger partial charge in [0.15, 0.2) is 0 Å². The summed E-state index contributed by atoms with van der Waals surface area (Å²) in [6.45, 7) is 1.35. The van der Waals surface area contributed by atoms with E-state index in [4.69, 9.17) is 9.72 Å². The fourth-order valence-electron chi connectivity index (χ4n) is 5.32. The Hall–Kier alpha value is -2.87. The van der Waals surface area contributed by atoms with Gasteiger partial charge in [0.2, 0.25) is 0 Å². The van der Waals surface area contributed by atoms with Crippen LogP contribution in [-0.2, 0) is 24.2 Å². The molecule has 4 atom stereocenters. The van der Waals surface area contributed by atoms with Crippen molar-refractivity contribution in [3.63, 3.8) is 0 Å². The first-order valence-electron chi connectivity index (χ1n) is 11.3. The lowest BCUT2D eigenvalue weighted by Gasteiger charge is -2.19. The quantitative estimate of drug-likeness (QED) is 0.517. The van der Waals surface area contributed by atoms with Gasteiger partial charge >= 0.3 is 0 Å². The van der Waals surface area contributed by atoms with E-state index in [-0.39, 0.29) is 12.0 Å². The lowest BCUT2D eigenvalue weighted by molar-refractivity contribution is 0.00545. The monoisotopic (exact) mass is 430 g/mol. The zero-order valence-electron chi connectivity index (χ0n) is 17.8. The summed E-state index contributed by atoms with van der Waals surface area (Å²) in [5.41, 5.74) is 5.32. The first-order valence-corrected chi connectivity index (χ1v) is 11.3. The summed E-state index contributed by atoms with van der Waals surface area (Å²) in [5.74, 6) is 0.0230. The van der Waals surface area contributed by atoms with Gasteiger partial charge in [-0.05, 0) is 60.9 Å². The van der Waals surface area contributed by atoms with Crippen molar-refractivity contribution in [3.8, 4) is 0 Å². The Morgan fingerprint density at radius 1 is 1.09 bits per heavy atom. The third-order valence-electron chi connectivity index (χ3n) is 7.12. The molecule has 1 aliphatic heterocycles. The molecule has 1 fully saturated rings. The maximum absolute atomic E-state index is 10.8. The number of fused-ring (bicyclic) bond motifs is 3. The fourth-order valence-corrected chi connectivity index (χ4v) is 5.32. The number of aromatic nitrogens is 4. The van der Waals surface area contributed by atoms with Gasteiger partial charge in [-0.2, -0.15) is 0 Å². The van der Waals surface area contributed by atoms with Gasteiger partial charge in [0, 0.05) is 23.2 Å². The highest BCUT2D eigenvalue weighted by Crippen LogP contribution is 2.39. The maximum atomic E-state index is 10.8. The lowest BCUT2D eigenvalue weighted by atomic mass is 9.95. The predicted molar refractivity (Wildman–Crippen MR) is 120 cm³/mol. The number of aliphatic hydroxyl groups excluding tert-OH is 2. The van der Waals surface area contributed by atoms with Crippen molar-refractivity contribution in [3.05, 3.63) is 65.9 Å². The molecule has 0 saturated heterocycles. The van der Waals surface area contributed by atoms with Crippen molar-refractivity contribution in [2.24, 2.45) is 5.92 Å². The Kier molecular flexibility index (Phi) is 4.90. The van der Waals surface area contributed by atoms with E-state index < -0.39 is 12.2 Å². The van der Waals surface area contributed by atoms with Crippen LogP contribution >= 0.6 is 0 Å². The van der Waals surface area contributed by atoms with Gasteiger partial charge in [-0.25, -0.2) is 9.97 Å². The minimum Gasteiger partial charge on any atom is -0.390 e. The molecule has 0 radical (unpaired) electrons. The molecule has 2 aliphatic rings. The Bertz CT molecular complexity index is 1290. The van der Waals surface area contributed by atoms with Crippen LogP contribution in [0.15, 0.2) is 49.1 Å². The minimum absolute atomic E-state index is 0.0230. The molecule has 2 N–H and O–H groups in total. The Balaban J connectivity index is 1.19. The molecule has 32 heavy (non-hydrogen) atoms. The molecule has 7 nitrogen and oxygen atoms in total. The Morgan fingerprint density at radius 3 is 2.97 bits per heavy atom. The molecule has 3 aromatic heterocycles. The topological polar surface area (TPSA) is 93.3 Å². The molecule has 1 aliphatic carbocycles. The number of ether oxygens (including phenoxy) is 1. The number of aliphatic hydroxyl groups is 2. The molecule has 4 aromatic rings. The molecule has 1 aromatic carbocycles. The largest absolute Gasteiger partial charge is 0.390 e. The second-order valence-corrected chi connectivity index (χ2v) is 9.03. The van der Waals surface area contributed by atoms with Gasteiger partial charge in [0.1, 0.15) is 18.1 Å². The van der Waals surface area contributed by atoms with Crippen LogP contribution in [0.25, 0.3) is 21.9 Å². The van der Waals surface area contributed by atoms with E-state index in [2.05, 4.69) is 34.2 Å². The molecule has 4 heterocycles. The Morgan fingerprint density at radius 2 is 2.03 bits per heavy atom. The van der Waals surface area contributed by atoms with Gasteiger partial charge in [-0.1, -0.05) is 12.1 Å². The summed E-state index contributed by atoms with van der Waals surface area (Å²) >= 11 is 0. The lowest BCUT2D eigenvalue weighted by Crippen LogP contribution is -2.29. The number of nitrogens with zero attached hydrogens (tertiary/aromatic N) is 4. The first kappa shape index (κ1) is 19.8. The van der Waals surface area contributed by atoms with Gasteiger partial charge in [-0.15, -0.1) is 0 Å². The third kappa shape index (κ3) is 3.37. The van der Waals surface area contributed by atoms with E-state index in [1.165, 1.54) is 17.5 Å². The molecule has 0 unspecified atom stereocenters. The smallest absolute Gasteiger partial charge is 0.143 e. The van der Waals surface area contributed by atoms with Crippen LogP contribution in [0, 0.1) is 5.92 Å². The van der Waals surface area contributed by atoms with E-state index in [1.807, 2.05) is 16.8 Å². The number of hydrogen-bond acceptors (Lipinski definition) is 6. The van der Waals surface area contributed by atoms with Crippen molar-refractivity contribution in [2.75, 3.05) is 6.61 Å². The van der Waals surface area contributed by atoms with E-state index in [0.717, 1.165) is 53.5 Å². The standard InChI is InChI=1S/C25H26N4O3/c30-23-18(11-22(24(23)31)29-7-5-19-12-26-14-27-25(19)29)4-2-15-1-3-16-10-17-6-8-32-13-21(17)28-20(16)9-15/h1,3,5,7,9-10,12,14,18,22-24,30-31H,2,4,6,8,11,13H2/t18-,22+,23+,24-/m0/s1. The second kappa shape index (κ2) is 7.92. The molecule has 0 amide bonds. The molecular weight excluding hydrogens is 404 g/mol. The highest BCUT2D eigenvalue weighted by atomic mass is 16.5. The molecule has 7 heteroatoms. The van der Waals surface area contributed by atoms with Crippen LogP contribution in [0.3, 0.4) is 0 Å². The van der Waals surface area contributed by atoms with E-state index in [1.54, 1.807) is 6.20 Å². The van der Waals surface area contributed by atoms with Crippen LogP contribution in [0.2, 0.25) is 0 Å². The highest BCUT2D eigenvalue weighted by Gasteiger charge is 2.42. The van der Waals surface area contributed by atoms with Gasteiger partial charge < -0.3 is 19.5 Å². The third-order valence-corrected chi connectivity index (χ3v) is 7.12. The van der Waals surface area contributed by atoms with Crippen LogP contribution in [0.5, 0.6) is 0 Å². The average Bonchev–Trinajstić information content (AvgIpc) is 3.37. The zero-order chi connectivity index (χ0) is 21.7. The number of aryl methyl sites for hydroxylation is 1. The van der Waals surface area contributed by atoms with Gasteiger partial charge in [0.05, 0.1) is 36.6 Å². The number of benzene rings is 1. The molecule has 0 spiro atoms. The van der Waals surface area contributed by atoms with Gasteiger partial charge in [-0.3, -0.25) is 4.98 Å². The van der Waals surface area contributed by atoms with Gasteiger partial charge in [0.25, 0.3) is 0 Å². The highest BCUT2D eigenvalue weighted by molar-refractivity contribution is 5.80. The molecule has 0 bridgehead atoms. The summed E-state index contributed by atoms with van der Waals surface area (Å²) in [6.07, 6.45) is 6.94. The number of hydrogen-bond donors (Lipinski definition) is 2. The predicted octanol–water partition coefficient (Wildman–Crippen LogP) is 2.97. The zero-order valence-corrected chi connectivity index (χ0v) is 17.8. The second-order valence-electron chi connectivity index (χ2n) is 9.03. The number of rotatable bonds is 4. The van der Waals surface area contributed by atoms with Crippen molar-refractivity contribution in [1.82, 2.24) is 19.5 Å². The van der Waals surface area contributed by atoms with E-state index >= 15 is 0 Å². The Labute approximate surface area is 185 Å². The summed E-state index contributed by atoms with van der Waals surface area (Å²) in [6, 6.07) is 10.4. The average molecular weight is 431 g/mol. The van der Waals surface area contributed by atoms with Crippen molar-refractivity contribution in [2.45, 2.75) is 50.5 Å². The van der Waals surface area contributed by atoms with Crippen LogP contribution < -0.4 is 0 Å². The summed E-state index contributed by atoms with van der Waals surface area (Å²) in [4.78, 5) is 13.3. The van der Waals surface area contributed by atoms with Crippen molar-refractivity contribution >= 4 is 21.9 Å². The molecule has 6 rings (SSSR count). The summed E-state index contributed by atoms with van der Waals surface area (Å²) < 4.78 is 7.54. The minimum atomic E-state index is -0.810. The number of pyridine rings is 1. The maximum Gasteiger partial charge on any atom is 0.143 e. The van der Waals surface area contributed by atoms with E-state index in [0.29, 0.717) is 13.0 Å². The van der Waals surface area contributed by atoms with Crippen molar-refractivity contribution < 1.29 is 14.9 Å². The van der Waals surface area contributed by atoms with E-state index in [9.17, 15) is 10.2 Å². The first-order chi connectivity index (χ1) is 15.7. The molecule has 1 saturated carbocycles. The summed E-state index contributed by atoms with van der Waals surface area (Å²) in [7, 11) is 0. The van der Waals surface area contributed by atoms with Crippen LogP contribution in [0.1, 0.15) is 35.7 Å². The normalized spacial score (nSPS) is 25.4.